The molecule has 2 N–H and O–H groups in total. The van der Waals surface area contributed by atoms with E-state index in [2.05, 4.69) is 20.6 Å². The maximum atomic E-state index is 12.6. The molecule has 0 fully saturated rings. The van der Waals surface area contributed by atoms with Crippen molar-refractivity contribution in [1.29, 1.82) is 0 Å². The second-order valence-corrected chi connectivity index (χ2v) is 6.39. The van der Waals surface area contributed by atoms with Gasteiger partial charge in [0.25, 0.3) is 11.8 Å². The maximum Gasteiger partial charge on any atom is 0.256 e. The topological polar surface area (TPSA) is 84.0 Å². The van der Waals surface area contributed by atoms with E-state index in [1.165, 1.54) is 6.07 Å². The number of pyridine rings is 2. The van der Waals surface area contributed by atoms with Crippen molar-refractivity contribution in [2.24, 2.45) is 0 Å². The summed E-state index contributed by atoms with van der Waals surface area (Å²) in [6.45, 7) is 3.59. The zero-order valence-electron chi connectivity index (χ0n) is 14.8. The first kappa shape index (κ1) is 18.5. The summed E-state index contributed by atoms with van der Waals surface area (Å²) in [7, 11) is 0. The fourth-order valence-electron chi connectivity index (χ4n) is 2.54. The molecule has 2 aromatic heterocycles. The summed E-state index contributed by atoms with van der Waals surface area (Å²) in [6.07, 6.45) is 3.19. The lowest BCUT2D eigenvalue weighted by molar-refractivity contribution is 0.101. The predicted octanol–water partition coefficient (Wildman–Crippen LogP) is 4.25. The highest BCUT2D eigenvalue weighted by Gasteiger charge is 2.13. The van der Waals surface area contributed by atoms with E-state index in [1.807, 2.05) is 6.92 Å². The van der Waals surface area contributed by atoms with E-state index < -0.39 is 0 Å². The SMILES string of the molecule is Cc1cc(C(=O)Nc2ccc(C)c(C(=O)Nc3cccnc3)c2)cc(Cl)n1. The van der Waals surface area contributed by atoms with Crippen LogP contribution in [-0.4, -0.2) is 21.8 Å². The Morgan fingerprint density at radius 3 is 2.44 bits per heavy atom. The maximum absolute atomic E-state index is 12.6. The van der Waals surface area contributed by atoms with E-state index in [1.54, 1.807) is 55.7 Å². The second-order valence-electron chi connectivity index (χ2n) is 6.00. The number of nitrogens with zero attached hydrogens (tertiary/aromatic N) is 2. The van der Waals surface area contributed by atoms with Gasteiger partial charge in [0.15, 0.2) is 0 Å². The molecule has 0 radical (unpaired) electrons. The Kier molecular flexibility index (Phi) is 5.47. The number of anilines is 2. The Labute approximate surface area is 161 Å². The summed E-state index contributed by atoms with van der Waals surface area (Å²) < 4.78 is 0. The summed E-state index contributed by atoms with van der Waals surface area (Å²) in [5, 5.41) is 5.82. The van der Waals surface area contributed by atoms with Gasteiger partial charge in [-0.25, -0.2) is 4.98 Å². The fraction of sp³-hybridized carbons (Fsp3) is 0.100. The standard InChI is InChI=1S/C20H17ClN4O2/c1-12-5-6-15(24-19(26)14-8-13(2)23-18(21)9-14)10-17(12)20(27)25-16-4-3-7-22-11-16/h3-11H,1-2H3,(H,24,26)(H,25,27). The normalized spacial score (nSPS) is 10.3. The van der Waals surface area contributed by atoms with Gasteiger partial charge in [-0.15, -0.1) is 0 Å². The molecule has 0 aliphatic rings. The Morgan fingerprint density at radius 1 is 0.963 bits per heavy atom. The van der Waals surface area contributed by atoms with Gasteiger partial charge in [-0.3, -0.25) is 14.6 Å². The van der Waals surface area contributed by atoms with Gasteiger partial charge < -0.3 is 10.6 Å². The Balaban J connectivity index is 1.80. The van der Waals surface area contributed by atoms with Crippen molar-refractivity contribution in [3.63, 3.8) is 0 Å². The number of halogens is 1. The number of aryl methyl sites for hydroxylation is 2. The van der Waals surface area contributed by atoms with E-state index in [9.17, 15) is 9.59 Å². The highest BCUT2D eigenvalue weighted by molar-refractivity contribution is 6.29. The van der Waals surface area contributed by atoms with Crippen LogP contribution in [0.3, 0.4) is 0 Å². The lowest BCUT2D eigenvalue weighted by Gasteiger charge is -2.11. The first-order chi connectivity index (χ1) is 12.9. The van der Waals surface area contributed by atoms with Crippen molar-refractivity contribution in [3.8, 4) is 0 Å². The molecule has 2 heterocycles. The lowest BCUT2D eigenvalue weighted by atomic mass is 10.1. The number of carbonyl (C=O) groups excluding carboxylic acids is 2. The molecule has 0 atom stereocenters. The van der Waals surface area contributed by atoms with E-state index in [4.69, 9.17) is 11.6 Å². The summed E-state index contributed by atoms with van der Waals surface area (Å²) in [5.41, 5.74) is 3.39. The molecule has 6 nitrogen and oxygen atoms in total. The van der Waals surface area contributed by atoms with Crippen LogP contribution >= 0.6 is 11.6 Å². The molecule has 0 saturated heterocycles. The third-order valence-corrected chi connectivity index (χ3v) is 4.04. The number of nitrogens with one attached hydrogen (secondary N) is 2. The zero-order chi connectivity index (χ0) is 19.4. The number of hydrogen-bond acceptors (Lipinski definition) is 4. The van der Waals surface area contributed by atoms with Crippen LogP contribution in [0.5, 0.6) is 0 Å². The van der Waals surface area contributed by atoms with Crippen molar-refractivity contribution in [2.45, 2.75) is 13.8 Å². The van der Waals surface area contributed by atoms with Crippen molar-refractivity contribution in [1.82, 2.24) is 9.97 Å². The minimum absolute atomic E-state index is 0.251. The lowest BCUT2D eigenvalue weighted by Crippen LogP contribution is -2.16. The van der Waals surface area contributed by atoms with Crippen LogP contribution in [0.4, 0.5) is 11.4 Å². The first-order valence-electron chi connectivity index (χ1n) is 8.20. The third kappa shape index (κ3) is 4.68. The van der Waals surface area contributed by atoms with E-state index in [0.717, 1.165) is 5.56 Å². The first-order valence-corrected chi connectivity index (χ1v) is 8.58. The molecule has 2 amide bonds. The Bertz CT molecular complexity index is 986. The predicted molar refractivity (Wildman–Crippen MR) is 105 cm³/mol. The molecule has 0 spiro atoms. The van der Waals surface area contributed by atoms with E-state index >= 15 is 0 Å². The summed E-state index contributed by atoms with van der Waals surface area (Å²) in [6, 6.07) is 11.8. The van der Waals surface area contributed by atoms with Gasteiger partial charge in [0.05, 0.1) is 11.9 Å². The van der Waals surface area contributed by atoms with Gasteiger partial charge in [-0.2, -0.15) is 0 Å². The highest BCUT2D eigenvalue weighted by Crippen LogP contribution is 2.19. The van der Waals surface area contributed by atoms with Crippen LogP contribution in [0.15, 0.2) is 54.9 Å². The van der Waals surface area contributed by atoms with Crippen molar-refractivity contribution < 1.29 is 9.59 Å². The Hall–Kier alpha value is -3.25. The van der Waals surface area contributed by atoms with Gasteiger partial charge >= 0.3 is 0 Å². The molecule has 0 aliphatic carbocycles. The van der Waals surface area contributed by atoms with Gasteiger partial charge in [-0.1, -0.05) is 17.7 Å². The molecule has 136 valence electrons. The molecule has 3 rings (SSSR count). The smallest absolute Gasteiger partial charge is 0.256 e. The van der Waals surface area contributed by atoms with Gasteiger partial charge in [0.2, 0.25) is 0 Å². The molecule has 7 heteroatoms. The molecule has 0 unspecified atom stereocenters. The number of rotatable bonds is 4. The monoisotopic (exact) mass is 380 g/mol. The quantitative estimate of drug-likeness (QED) is 0.662. The van der Waals surface area contributed by atoms with Crippen molar-refractivity contribution in [3.05, 3.63) is 82.4 Å². The van der Waals surface area contributed by atoms with Crippen LogP contribution in [-0.2, 0) is 0 Å². The van der Waals surface area contributed by atoms with Gasteiger partial charge in [0.1, 0.15) is 5.15 Å². The number of hydrogen-bond donors (Lipinski definition) is 2. The molecule has 3 aromatic rings. The van der Waals surface area contributed by atoms with Crippen molar-refractivity contribution >= 4 is 34.8 Å². The molecule has 1 aromatic carbocycles. The third-order valence-electron chi connectivity index (χ3n) is 3.84. The molecular formula is C20H17ClN4O2. The molecular weight excluding hydrogens is 364 g/mol. The van der Waals surface area contributed by atoms with Crippen LogP contribution in [0.2, 0.25) is 5.15 Å². The molecule has 0 bridgehead atoms. The average Bonchev–Trinajstić information content (AvgIpc) is 2.63. The number of aromatic nitrogens is 2. The Morgan fingerprint density at radius 2 is 1.74 bits per heavy atom. The average molecular weight is 381 g/mol. The molecule has 0 saturated carbocycles. The van der Waals surface area contributed by atoms with Crippen molar-refractivity contribution in [2.75, 3.05) is 10.6 Å². The summed E-state index contributed by atoms with van der Waals surface area (Å²) in [5.74, 6) is -0.607. The molecule has 27 heavy (non-hydrogen) atoms. The highest BCUT2D eigenvalue weighted by atomic mass is 35.5. The van der Waals surface area contributed by atoms with E-state index in [-0.39, 0.29) is 17.0 Å². The number of amides is 2. The zero-order valence-corrected chi connectivity index (χ0v) is 15.5. The minimum Gasteiger partial charge on any atom is -0.322 e. The minimum atomic E-state index is -0.329. The van der Waals surface area contributed by atoms with E-state index in [0.29, 0.717) is 28.2 Å². The molecule has 0 aliphatic heterocycles. The van der Waals surface area contributed by atoms with Crippen LogP contribution in [0.1, 0.15) is 32.0 Å². The summed E-state index contributed by atoms with van der Waals surface area (Å²) in [4.78, 5) is 33.0. The number of carbonyl (C=O) groups is 2. The van der Waals surface area contributed by atoms with Crippen LogP contribution in [0.25, 0.3) is 0 Å². The summed E-state index contributed by atoms with van der Waals surface area (Å²) >= 11 is 5.91. The number of benzene rings is 1. The fourth-order valence-corrected chi connectivity index (χ4v) is 2.79. The van der Waals surface area contributed by atoms with Gasteiger partial charge in [0, 0.05) is 28.7 Å². The largest absolute Gasteiger partial charge is 0.322 e. The van der Waals surface area contributed by atoms with Crippen LogP contribution < -0.4 is 10.6 Å². The van der Waals surface area contributed by atoms with Crippen LogP contribution in [0, 0.1) is 13.8 Å². The van der Waals surface area contributed by atoms with Gasteiger partial charge in [-0.05, 0) is 55.8 Å². The second kappa shape index (κ2) is 7.97.